The molecule has 0 N–H and O–H groups in total. The van der Waals surface area contributed by atoms with E-state index in [1.165, 1.54) is 31.9 Å². The Hall–Kier alpha value is -4.41. The maximum atomic E-state index is 6.97. The molecule has 6 aromatic carbocycles. The monoisotopic (exact) mass is 622 g/mol. The Morgan fingerprint density at radius 3 is 1.57 bits per heavy atom. The number of fused-ring (bicyclic) bond motifs is 5. The Morgan fingerprint density at radius 1 is 0.523 bits per heavy atom. The van der Waals surface area contributed by atoms with Crippen molar-refractivity contribution in [3.63, 3.8) is 0 Å². The quantitative estimate of drug-likeness (QED) is 0.187. The fraction of sp³-hybridized carbons (Fsp3) is 0.0513. The first-order valence-corrected chi connectivity index (χ1v) is 17.6. The normalized spacial score (nSPS) is 18.0. The molecule has 2 unspecified atom stereocenters. The minimum atomic E-state index is -2.95. The highest BCUT2D eigenvalue weighted by Crippen LogP contribution is 2.47. The molecule has 2 heterocycles. The molecule has 8 rings (SSSR count). The summed E-state index contributed by atoms with van der Waals surface area (Å²) in [6.45, 7) is 0. The molecule has 0 spiro atoms. The number of para-hydroxylation sites is 1. The van der Waals surface area contributed by atoms with Crippen LogP contribution in [0.4, 0.5) is 5.69 Å². The molecule has 44 heavy (non-hydrogen) atoms. The molecule has 0 fully saturated rings. The van der Waals surface area contributed by atoms with E-state index in [9.17, 15) is 0 Å². The number of aliphatic imine (C=N–C) groups is 1. The van der Waals surface area contributed by atoms with Crippen LogP contribution < -0.4 is 25.6 Å². The molecule has 0 aliphatic carbocycles. The Kier molecular flexibility index (Phi) is 6.75. The van der Waals surface area contributed by atoms with E-state index in [0.717, 1.165) is 27.1 Å². The molecule has 0 bridgehead atoms. The van der Waals surface area contributed by atoms with Crippen molar-refractivity contribution in [3.05, 3.63) is 184 Å². The van der Waals surface area contributed by atoms with E-state index in [2.05, 4.69) is 150 Å². The van der Waals surface area contributed by atoms with Gasteiger partial charge in [-0.05, 0) is 68.3 Å². The Morgan fingerprint density at radius 2 is 1.00 bits per heavy atom. The molecule has 2 aliphatic heterocycles. The number of rotatable bonds is 4. The summed E-state index contributed by atoms with van der Waals surface area (Å²) < 4.78 is 0. The van der Waals surface area contributed by atoms with Crippen molar-refractivity contribution in [2.45, 2.75) is 12.1 Å². The van der Waals surface area contributed by atoms with Crippen LogP contribution in [0.3, 0.4) is 0 Å². The van der Waals surface area contributed by atoms with Gasteiger partial charge in [0.05, 0.1) is 6.04 Å². The summed E-state index contributed by atoms with van der Waals surface area (Å²) in [4.78, 5) is 8.07. The predicted molar refractivity (Wildman–Crippen MR) is 187 cm³/mol. The summed E-state index contributed by atoms with van der Waals surface area (Å²) in [7, 11) is -2.95. The summed E-state index contributed by atoms with van der Waals surface area (Å²) in [5.74, 6) is 0.960. The van der Waals surface area contributed by atoms with Crippen LogP contribution in [0.5, 0.6) is 0 Å². The van der Waals surface area contributed by atoms with Crippen molar-refractivity contribution in [2.75, 3.05) is 4.90 Å². The highest BCUT2D eigenvalue weighted by molar-refractivity contribution is 7.20. The van der Waals surface area contributed by atoms with Gasteiger partial charge in [-0.3, -0.25) is 4.99 Å². The van der Waals surface area contributed by atoms with E-state index < -0.39 is 8.07 Å². The number of nitrogens with zero attached hydrogens (tertiary/aromatic N) is 2. The van der Waals surface area contributed by atoms with Crippen molar-refractivity contribution in [3.8, 4) is 0 Å². The molecular weight excluding hydrogens is 595 g/mol. The van der Waals surface area contributed by atoms with Crippen LogP contribution in [0.15, 0.2) is 163 Å². The second-order valence-corrected chi connectivity index (χ2v) is 16.0. The minimum Gasteiger partial charge on any atom is -0.316 e. The maximum Gasteiger partial charge on any atom is 0.180 e. The van der Waals surface area contributed by atoms with Crippen molar-refractivity contribution >= 4 is 63.5 Å². The van der Waals surface area contributed by atoms with Crippen LogP contribution >= 0.6 is 23.2 Å². The van der Waals surface area contributed by atoms with Crippen LogP contribution in [0.2, 0.25) is 10.0 Å². The number of benzene rings is 6. The lowest BCUT2D eigenvalue weighted by molar-refractivity contribution is 0.618. The smallest absolute Gasteiger partial charge is 0.180 e. The van der Waals surface area contributed by atoms with Gasteiger partial charge in [0.15, 0.2) is 8.07 Å². The second kappa shape index (κ2) is 10.9. The summed E-state index contributed by atoms with van der Waals surface area (Å²) in [6.07, 6.45) is 0. The predicted octanol–water partition coefficient (Wildman–Crippen LogP) is 7.43. The molecule has 2 nitrogen and oxygen atoms in total. The summed E-state index contributed by atoms with van der Waals surface area (Å²) in [5.41, 5.74) is 4.64. The van der Waals surface area contributed by atoms with E-state index >= 15 is 0 Å². The van der Waals surface area contributed by atoms with Gasteiger partial charge in [0.25, 0.3) is 0 Å². The molecule has 0 radical (unpaired) electrons. The number of halogens is 2. The van der Waals surface area contributed by atoms with Crippen LogP contribution in [-0.4, -0.2) is 13.9 Å². The average molecular weight is 624 g/mol. The van der Waals surface area contributed by atoms with Gasteiger partial charge < -0.3 is 4.90 Å². The van der Waals surface area contributed by atoms with Crippen molar-refractivity contribution in [2.24, 2.45) is 4.99 Å². The average Bonchev–Trinajstić information content (AvgIpc) is 3.43. The van der Waals surface area contributed by atoms with E-state index in [-0.39, 0.29) is 12.1 Å². The standard InChI is InChI=1S/C39H28Cl2N2Si/c40-28-21-23-33-35(25-28)44(31-17-9-3-10-18-31,32-19-11-4-12-20-32)36-26-29(41)22-24-34(36)38-37(33)42-39(27-13-5-1-6-14-27)43(38)30-15-7-2-8-16-30/h1-26,37-38H. The third kappa shape index (κ3) is 4.19. The van der Waals surface area contributed by atoms with Gasteiger partial charge in [-0.2, -0.15) is 0 Å². The van der Waals surface area contributed by atoms with E-state index in [0.29, 0.717) is 0 Å². The lowest BCUT2D eigenvalue weighted by atomic mass is 9.93. The highest BCUT2D eigenvalue weighted by Gasteiger charge is 2.52. The van der Waals surface area contributed by atoms with Gasteiger partial charge in [-0.25, -0.2) is 0 Å². The lowest BCUT2D eigenvalue weighted by Gasteiger charge is -2.37. The zero-order chi connectivity index (χ0) is 29.7. The maximum absolute atomic E-state index is 6.97. The van der Waals surface area contributed by atoms with Crippen LogP contribution in [0.1, 0.15) is 28.8 Å². The number of anilines is 1. The molecule has 2 aliphatic rings. The summed E-state index contributed by atoms with van der Waals surface area (Å²) in [6, 6.07) is 55.8. The summed E-state index contributed by atoms with van der Waals surface area (Å²) in [5, 5.41) is 6.55. The fourth-order valence-corrected chi connectivity index (χ4v) is 13.1. The van der Waals surface area contributed by atoms with Crippen molar-refractivity contribution < 1.29 is 0 Å². The van der Waals surface area contributed by atoms with Gasteiger partial charge in [0.2, 0.25) is 0 Å². The van der Waals surface area contributed by atoms with E-state index in [4.69, 9.17) is 28.2 Å². The fourth-order valence-electron chi connectivity index (χ4n) is 7.29. The van der Waals surface area contributed by atoms with Gasteiger partial charge in [-0.15, -0.1) is 0 Å². The van der Waals surface area contributed by atoms with E-state index in [1.807, 2.05) is 12.1 Å². The Labute approximate surface area is 268 Å². The SMILES string of the molecule is Clc1ccc2c(c1)[Si](c1ccccc1)(c1ccccc1)c1cc(Cl)ccc1C1C2N=C(c2ccccc2)N1c1ccccc1. The largest absolute Gasteiger partial charge is 0.316 e. The molecule has 5 heteroatoms. The van der Waals surface area contributed by atoms with Gasteiger partial charge in [-0.1, -0.05) is 145 Å². The van der Waals surface area contributed by atoms with Gasteiger partial charge in [0.1, 0.15) is 11.9 Å². The first-order chi connectivity index (χ1) is 21.7. The number of hydrogen-bond acceptors (Lipinski definition) is 2. The molecule has 0 saturated carbocycles. The van der Waals surface area contributed by atoms with Crippen molar-refractivity contribution in [1.29, 1.82) is 0 Å². The first kappa shape index (κ1) is 27.2. The Balaban J connectivity index is 1.54. The third-order valence-electron chi connectivity index (χ3n) is 9.02. The topological polar surface area (TPSA) is 15.6 Å². The number of amidine groups is 1. The van der Waals surface area contributed by atoms with E-state index in [1.54, 1.807) is 0 Å². The first-order valence-electron chi connectivity index (χ1n) is 14.8. The molecule has 6 aromatic rings. The third-order valence-corrected chi connectivity index (χ3v) is 14.4. The molecular formula is C39H28Cl2N2Si. The van der Waals surface area contributed by atoms with Crippen molar-refractivity contribution in [1.82, 2.24) is 0 Å². The highest BCUT2D eigenvalue weighted by atomic mass is 35.5. The van der Waals surface area contributed by atoms with Crippen LogP contribution in [0.25, 0.3) is 0 Å². The summed E-state index contributed by atoms with van der Waals surface area (Å²) >= 11 is 13.9. The molecule has 212 valence electrons. The lowest BCUT2D eigenvalue weighted by Crippen LogP contribution is -2.75. The molecule has 2 atom stereocenters. The molecule has 0 saturated heterocycles. The zero-order valence-electron chi connectivity index (χ0n) is 23.8. The Bertz CT molecular complexity index is 1960. The number of hydrogen-bond donors (Lipinski definition) is 0. The van der Waals surface area contributed by atoms with Crippen LogP contribution in [0, 0.1) is 0 Å². The van der Waals surface area contributed by atoms with Gasteiger partial charge in [0, 0.05) is 21.3 Å². The molecule has 0 aromatic heterocycles. The zero-order valence-corrected chi connectivity index (χ0v) is 26.3. The van der Waals surface area contributed by atoms with Gasteiger partial charge >= 0.3 is 0 Å². The second-order valence-electron chi connectivity index (χ2n) is 11.4. The van der Waals surface area contributed by atoms with Crippen LogP contribution in [-0.2, 0) is 0 Å². The minimum absolute atomic E-state index is 0.0957. The molecule has 0 amide bonds.